The third-order valence-corrected chi connectivity index (χ3v) is 5.46. The summed E-state index contributed by atoms with van der Waals surface area (Å²) in [6.45, 7) is 6.84. The lowest BCUT2D eigenvalue weighted by molar-refractivity contribution is -0.137. The van der Waals surface area contributed by atoms with Gasteiger partial charge in [0.2, 0.25) is 0 Å². The number of benzene rings is 2. The second kappa shape index (κ2) is 9.42. The van der Waals surface area contributed by atoms with Crippen LogP contribution in [0.3, 0.4) is 0 Å². The Labute approximate surface area is 196 Å². The van der Waals surface area contributed by atoms with Crippen LogP contribution in [0.2, 0.25) is 0 Å². The summed E-state index contributed by atoms with van der Waals surface area (Å²) < 4.78 is 47.1. The van der Waals surface area contributed by atoms with Crippen molar-refractivity contribution >= 4 is 0 Å². The van der Waals surface area contributed by atoms with Crippen molar-refractivity contribution in [1.29, 1.82) is 0 Å². The second-order valence-electron chi connectivity index (χ2n) is 9.11. The zero-order valence-electron chi connectivity index (χ0n) is 19.2. The van der Waals surface area contributed by atoms with E-state index in [0.29, 0.717) is 24.5 Å². The molecule has 0 N–H and O–H groups in total. The maximum absolute atomic E-state index is 13.3. The third kappa shape index (κ3) is 5.36. The summed E-state index contributed by atoms with van der Waals surface area (Å²) in [6, 6.07) is 18.2. The number of furan rings is 1. The standard InChI is InChI=1S/C25H26F3N5O/c1-24(2,3)33-23(29-30-31-33)22(19-11-13-20(14-12-19)25(26,27)28)32(17-21-10-7-15-34-21)16-18-8-5-4-6-9-18/h4-15,22H,16-17H2,1-3H3/t22-/m0/s1. The Morgan fingerprint density at radius 2 is 1.62 bits per heavy atom. The smallest absolute Gasteiger partial charge is 0.416 e. The number of rotatable bonds is 7. The van der Waals surface area contributed by atoms with E-state index in [0.717, 1.165) is 23.5 Å². The van der Waals surface area contributed by atoms with Crippen molar-refractivity contribution in [2.45, 2.75) is 51.6 Å². The quantitative estimate of drug-likeness (QED) is 0.341. The maximum atomic E-state index is 13.3. The number of hydrogen-bond acceptors (Lipinski definition) is 5. The highest BCUT2D eigenvalue weighted by atomic mass is 19.4. The molecule has 0 saturated heterocycles. The SMILES string of the molecule is CC(C)(C)n1nnnc1[C@H](c1ccc(C(F)(F)F)cc1)N(Cc1ccccc1)Cc1ccco1. The Bertz CT molecular complexity index is 1180. The molecule has 4 rings (SSSR count). The Morgan fingerprint density at radius 1 is 0.912 bits per heavy atom. The minimum Gasteiger partial charge on any atom is -0.468 e. The van der Waals surface area contributed by atoms with Gasteiger partial charge in [0.05, 0.1) is 30.0 Å². The van der Waals surface area contributed by atoms with Gasteiger partial charge in [-0.3, -0.25) is 4.90 Å². The number of nitrogens with zero attached hydrogens (tertiary/aromatic N) is 5. The van der Waals surface area contributed by atoms with Crippen LogP contribution in [0.5, 0.6) is 0 Å². The molecule has 0 saturated carbocycles. The van der Waals surface area contributed by atoms with Gasteiger partial charge in [-0.2, -0.15) is 13.2 Å². The van der Waals surface area contributed by atoms with Gasteiger partial charge in [-0.1, -0.05) is 42.5 Å². The number of aromatic nitrogens is 4. The van der Waals surface area contributed by atoms with Crippen LogP contribution < -0.4 is 0 Å². The van der Waals surface area contributed by atoms with E-state index in [1.807, 2.05) is 63.2 Å². The van der Waals surface area contributed by atoms with E-state index >= 15 is 0 Å². The van der Waals surface area contributed by atoms with Crippen LogP contribution in [0.25, 0.3) is 0 Å². The van der Waals surface area contributed by atoms with Gasteiger partial charge in [0.25, 0.3) is 0 Å². The van der Waals surface area contributed by atoms with Gasteiger partial charge in [-0.15, -0.1) is 5.10 Å². The predicted octanol–water partition coefficient (Wildman–Crippen LogP) is 5.83. The maximum Gasteiger partial charge on any atom is 0.416 e. The van der Waals surface area contributed by atoms with Crippen molar-refractivity contribution in [3.63, 3.8) is 0 Å². The Balaban J connectivity index is 1.84. The van der Waals surface area contributed by atoms with Crippen molar-refractivity contribution in [2.24, 2.45) is 0 Å². The van der Waals surface area contributed by atoms with E-state index in [4.69, 9.17) is 4.42 Å². The summed E-state index contributed by atoms with van der Waals surface area (Å²) in [4.78, 5) is 2.10. The highest BCUT2D eigenvalue weighted by Gasteiger charge is 2.34. The van der Waals surface area contributed by atoms with Crippen LogP contribution in [-0.4, -0.2) is 25.1 Å². The first-order chi connectivity index (χ1) is 16.1. The molecule has 4 aromatic rings. The van der Waals surface area contributed by atoms with E-state index < -0.39 is 23.3 Å². The molecule has 9 heteroatoms. The summed E-state index contributed by atoms with van der Waals surface area (Å²) in [5, 5.41) is 12.4. The van der Waals surface area contributed by atoms with Crippen molar-refractivity contribution in [3.05, 3.63) is 101 Å². The number of alkyl halides is 3. The highest BCUT2D eigenvalue weighted by Crippen LogP contribution is 2.35. The number of halogens is 3. The molecule has 0 aliphatic carbocycles. The van der Waals surface area contributed by atoms with E-state index in [1.165, 1.54) is 12.1 Å². The molecule has 178 valence electrons. The molecule has 0 unspecified atom stereocenters. The zero-order valence-corrected chi connectivity index (χ0v) is 19.2. The Morgan fingerprint density at radius 3 is 2.21 bits per heavy atom. The molecule has 0 radical (unpaired) electrons. The molecule has 2 aromatic heterocycles. The summed E-state index contributed by atoms with van der Waals surface area (Å²) >= 11 is 0. The van der Waals surface area contributed by atoms with Crippen LogP contribution in [0.4, 0.5) is 13.2 Å². The predicted molar refractivity (Wildman–Crippen MR) is 120 cm³/mol. The zero-order chi connectivity index (χ0) is 24.3. The second-order valence-corrected chi connectivity index (χ2v) is 9.11. The molecule has 0 aliphatic rings. The molecule has 0 aliphatic heterocycles. The lowest BCUT2D eigenvalue weighted by Crippen LogP contribution is -2.34. The monoisotopic (exact) mass is 469 g/mol. The molecule has 2 heterocycles. The van der Waals surface area contributed by atoms with Gasteiger partial charge in [0.15, 0.2) is 5.82 Å². The molecule has 0 fully saturated rings. The van der Waals surface area contributed by atoms with Crippen LogP contribution in [0, 0.1) is 0 Å². The highest BCUT2D eigenvalue weighted by molar-refractivity contribution is 5.31. The minimum atomic E-state index is -4.42. The van der Waals surface area contributed by atoms with Gasteiger partial charge < -0.3 is 4.42 Å². The van der Waals surface area contributed by atoms with Gasteiger partial charge in [0, 0.05) is 6.54 Å². The van der Waals surface area contributed by atoms with Crippen molar-refractivity contribution in [2.75, 3.05) is 0 Å². The molecule has 0 bridgehead atoms. The topological polar surface area (TPSA) is 60.0 Å². The summed E-state index contributed by atoms with van der Waals surface area (Å²) in [5.74, 6) is 1.26. The van der Waals surface area contributed by atoms with Gasteiger partial charge in [-0.25, -0.2) is 4.68 Å². The lowest BCUT2D eigenvalue weighted by atomic mass is 9.99. The van der Waals surface area contributed by atoms with Crippen LogP contribution in [0.15, 0.2) is 77.4 Å². The number of hydrogen-bond donors (Lipinski definition) is 0. The molecular weight excluding hydrogens is 443 g/mol. The van der Waals surface area contributed by atoms with E-state index in [-0.39, 0.29) is 0 Å². The van der Waals surface area contributed by atoms with Crippen molar-refractivity contribution < 1.29 is 17.6 Å². The molecule has 2 aromatic carbocycles. The average Bonchev–Trinajstić information content (AvgIpc) is 3.47. The van der Waals surface area contributed by atoms with Gasteiger partial charge in [0.1, 0.15) is 5.76 Å². The van der Waals surface area contributed by atoms with E-state index in [9.17, 15) is 13.2 Å². The average molecular weight is 470 g/mol. The normalized spacial score (nSPS) is 13.4. The van der Waals surface area contributed by atoms with Gasteiger partial charge >= 0.3 is 6.18 Å². The molecular formula is C25H26F3N5O. The molecule has 34 heavy (non-hydrogen) atoms. The fourth-order valence-electron chi connectivity index (χ4n) is 3.88. The van der Waals surface area contributed by atoms with Crippen molar-refractivity contribution in [1.82, 2.24) is 25.1 Å². The third-order valence-electron chi connectivity index (χ3n) is 5.46. The Hall–Kier alpha value is -3.46. The van der Waals surface area contributed by atoms with Crippen LogP contribution in [0.1, 0.15) is 55.1 Å². The van der Waals surface area contributed by atoms with Crippen molar-refractivity contribution in [3.8, 4) is 0 Å². The molecule has 0 amide bonds. The first-order valence-electron chi connectivity index (χ1n) is 10.9. The summed E-state index contributed by atoms with van der Waals surface area (Å²) in [6.07, 6.45) is -2.82. The number of tetrazole rings is 1. The molecule has 6 nitrogen and oxygen atoms in total. The van der Waals surface area contributed by atoms with Crippen LogP contribution >= 0.6 is 0 Å². The Kier molecular flexibility index (Phi) is 6.56. The summed E-state index contributed by atoms with van der Waals surface area (Å²) in [5.41, 5.74) is 0.550. The fraction of sp³-hybridized carbons (Fsp3) is 0.320. The minimum absolute atomic E-state index is 0.407. The summed E-state index contributed by atoms with van der Waals surface area (Å²) in [7, 11) is 0. The van der Waals surface area contributed by atoms with E-state index in [2.05, 4.69) is 20.4 Å². The largest absolute Gasteiger partial charge is 0.468 e. The van der Waals surface area contributed by atoms with E-state index in [1.54, 1.807) is 10.9 Å². The first-order valence-corrected chi connectivity index (χ1v) is 10.9. The molecule has 0 spiro atoms. The lowest BCUT2D eigenvalue weighted by Gasteiger charge is -2.33. The van der Waals surface area contributed by atoms with Crippen LogP contribution in [-0.2, 0) is 24.8 Å². The molecule has 1 atom stereocenters. The van der Waals surface area contributed by atoms with Gasteiger partial charge in [-0.05, 0) is 66.6 Å². The fourth-order valence-corrected chi connectivity index (χ4v) is 3.88. The first kappa shape index (κ1) is 23.7.